The summed E-state index contributed by atoms with van der Waals surface area (Å²) in [6.45, 7) is 6.57. The molecule has 0 aliphatic carbocycles. The third kappa shape index (κ3) is 7.00. The SMILES string of the molecule is COCCN(Cc1ccccn1)C(=O)c1cccc(NC(=O)OC(C)(C)C)c1. The molecule has 0 saturated heterocycles. The minimum atomic E-state index is -0.600. The molecule has 0 spiro atoms. The molecular formula is C21H27N3O4. The molecular weight excluding hydrogens is 358 g/mol. The maximum absolute atomic E-state index is 13.0. The predicted octanol–water partition coefficient (Wildman–Crippen LogP) is 3.72. The Bertz CT molecular complexity index is 788. The zero-order chi connectivity index (χ0) is 20.6. The number of benzene rings is 1. The number of methoxy groups -OCH3 is 1. The lowest BCUT2D eigenvalue weighted by atomic mass is 10.1. The fourth-order valence-corrected chi connectivity index (χ4v) is 2.48. The van der Waals surface area contributed by atoms with Crippen molar-refractivity contribution in [2.24, 2.45) is 0 Å². The van der Waals surface area contributed by atoms with Gasteiger partial charge in [-0.1, -0.05) is 12.1 Å². The first kappa shape index (κ1) is 21.4. The van der Waals surface area contributed by atoms with Gasteiger partial charge in [0.15, 0.2) is 0 Å². The topological polar surface area (TPSA) is 80.8 Å². The summed E-state index contributed by atoms with van der Waals surface area (Å²) in [5.74, 6) is -0.171. The third-order valence-corrected chi connectivity index (χ3v) is 3.69. The minimum absolute atomic E-state index is 0.171. The van der Waals surface area contributed by atoms with E-state index in [1.165, 1.54) is 0 Å². The van der Waals surface area contributed by atoms with Gasteiger partial charge in [-0.25, -0.2) is 4.79 Å². The second-order valence-electron chi connectivity index (χ2n) is 7.25. The van der Waals surface area contributed by atoms with E-state index in [-0.39, 0.29) is 5.91 Å². The first-order chi connectivity index (χ1) is 13.3. The van der Waals surface area contributed by atoms with Crippen molar-refractivity contribution >= 4 is 17.7 Å². The van der Waals surface area contributed by atoms with Gasteiger partial charge in [-0.2, -0.15) is 0 Å². The van der Waals surface area contributed by atoms with Crippen molar-refractivity contribution in [3.8, 4) is 0 Å². The normalized spacial score (nSPS) is 11.0. The molecule has 7 heteroatoms. The Kier molecular flexibility index (Phi) is 7.52. The molecule has 0 unspecified atom stereocenters. The number of nitrogens with zero attached hydrogens (tertiary/aromatic N) is 2. The number of ether oxygens (including phenoxy) is 2. The van der Waals surface area contributed by atoms with Gasteiger partial charge in [0.1, 0.15) is 5.60 Å². The zero-order valence-corrected chi connectivity index (χ0v) is 16.8. The lowest BCUT2D eigenvalue weighted by Crippen LogP contribution is -2.33. The second-order valence-corrected chi connectivity index (χ2v) is 7.25. The van der Waals surface area contributed by atoms with Gasteiger partial charge in [-0.15, -0.1) is 0 Å². The fourth-order valence-electron chi connectivity index (χ4n) is 2.48. The summed E-state index contributed by atoms with van der Waals surface area (Å²) >= 11 is 0. The van der Waals surface area contributed by atoms with Gasteiger partial charge in [0.05, 0.1) is 18.8 Å². The molecule has 2 amide bonds. The maximum Gasteiger partial charge on any atom is 0.412 e. The smallest absolute Gasteiger partial charge is 0.412 e. The number of hydrogen-bond acceptors (Lipinski definition) is 5. The van der Waals surface area contributed by atoms with E-state index in [0.29, 0.717) is 30.9 Å². The number of hydrogen-bond donors (Lipinski definition) is 1. The summed E-state index contributed by atoms with van der Waals surface area (Å²) in [6, 6.07) is 12.3. The van der Waals surface area contributed by atoms with E-state index < -0.39 is 11.7 Å². The zero-order valence-electron chi connectivity index (χ0n) is 16.8. The van der Waals surface area contributed by atoms with Crippen LogP contribution in [0.2, 0.25) is 0 Å². The van der Waals surface area contributed by atoms with E-state index >= 15 is 0 Å². The van der Waals surface area contributed by atoms with E-state index in [1.807, 2.05) is 18.2 Å². The van der Waals surface area contributed by atoms with Gasteiger partial charge in [0.2, 0.25) is 0 Å². The highest BCUT2D eigenvalue weighted by Crippen LogP contribution is 2.16. The molecule has 0 atom stereocenters. The summed E-state index contributed by atoms with van der Waals surface area (Å²) < 4.78 is 10.4. The molecule has 0 aliphatic heterocycles. The number of pyridine rings is 1. The van der Waals surface area contributed by atoms with Crippen LogP contribution in [0.1, 0.15) is 36.8 Å². The van der Waals surface area contributed by atoms with Crippen LogP contribution in [0.4, 0.5) is 10.5 Å². The van der Waals surface area contributed by atoms with Crippen LogP contribution < -0.4 is 5.32 Å². The number of rotatable bonds is 7. The van der Waals surface area contributed by atoms with Gasteiger partial charge in [0.25, 0.3) is 5.91 Å². The van der Waals surface area contributed by atoms with Crippen LogP contribution in [0.3, 0.4) is 0 Å². The van der Waals surface area contributed by atoms with Crippen molar-refractivity contribution in [2.45, 2.75) is 32.9 Å². The standard InChI is InChI=1S/C21H27N3O4/c1-21(2,3)28-20(26)23-17-10-7-8-16(14-17)19(25)24(12-13-27-4)15-18-9-5-6-11-22-18/h5-11,14H,12-13,15H2,1-4H3,(H,23,26). The Morgan fingerprint density at radius 1 is 1.14 bits per heavy atom. The summed E-state index contributed by atoms with van der Waals surface area (Å²) in [6.07, 6.45) is 1.13. The highest BCUT2D eigenvalue weighted by atomic mass is 16.6. The maximum atomic E-state index is 13.0. The molecule has 2 rings (SSSR count). The predicted molar refractivity (Wildman–Crippen MR) is 107 cm³/mol. The van der Waals surface area contributed by atoms with E-state index in [0.717, 1.165) is 5.69 Å². The fraction of sp³-hybridized carbons (Fsp3) is 0.381. The molecule has 1 aromatic heterocycles. The average Bonchev–Trinajstić information content (AvgIpc) is 2.64. The largest absolute Gasteiger partial charge is 0.444 e. The van der Waals surface area contributed by atoms with Gasteiger partial charge in [0, 0.05) is 31.1 Å². The first-order valence-corrected chi connectivity index (χ1v) is 9.06. The van der Waals surface area contributed by atoms with Crippen molar-refractivity contribution < 1.29 is 19.1 Å². The van der Waals surface area contributed by atoms with Crippen molar-refractivity contribution in [1.82, 2.24) is 9.88 Å². The molecule has 7 nitrogen and oxygen atoms in total. The van der Waals surface area contributed by atoms with E-state index in [1.54, 1.807) is 63.2 Å². The minimum Gasteiger partial charge on any atom is -0.444 e. The molecule has 1 heterocycles. The van der Waals surface area contributed by atoms with E-state index in [9.17, 15) is 9.59 Å². The van der Waals surface area contributed by atoms with E-state index in [4.69, 9.17) is 9.47 Å². The number of nitrogens with one attached hydrogen (secondary N) is 1. The van der Waals surface area contributed by atoms with Crippen molar-refractivity contribution in [3.05, 3.63) is 59.9 Å². The molecule has 0 radical (unpaired) electrons. The number of anilines is 1. The van der Waals surface area contributed by atoms with E-state index in [2.05, 4.69) is 10.3 Å². The van der Waals surface area contributed by atoms with Crippen LogP contribution in [-0.4, -0.2) is 47.7 Å². The molecule has 28 heavy (non-hydrogen) atoms. The lowest BCUT2D eigenvalue weighted by Gasteiger charge is -2.23. The quantitative estimate of drug-likeness (QED) is 0.786. The van der Waals surface area contributed by atoms with Crippen LogP contribution in [0.5, 0.6) is 0 Å². The number of carbonyl (C=O) groups is 2. The molecule has 2 aromatic rings. The molecule has 0 aliphatic rings. The third-order valence-electron chi connectivity index (χ3n) is 3.69. The highest BCUT2D eigenvalue weighted by Gasteiger charge is 2.19. The molecule has 0 saturated carbocycles. The van der Waals surface area contributed by atoms with Crippen molar-refractivity contribution in [2.75, 3.05) is 25.6 Å². The summed E-state index contributed by atoms with van der Waals surface area (Å²) in [4.78, 5) is 30.9. The number of carbonyl (C=O) groups excluding carboxylic acids is 2. The van der Waals surface area contributed by atoms with Gasteiger partial charge in [-0.3, -0.25) is 15.1 Å². The molecule has 0 fully saturated rings. The van der Waals surface area contributed by atoms with Crippen LogP contribution in [0, 0.1) is 0 Å². The molecule has 1 N–H and O–H groups in total. The molecule has 1 aromatic carbocycles. The second kappa shape index (κ2) is 9.85. The van der Waals surface area contributed by atoms with Crippen LogP contribution >= 0.6 is 0 Å². The van der Waals surface area contributed by atoms with Crippen molar-refractivity contribution in [1.29, 1.82) is 0 Å². The number of aromatic nitrogens is 1. The highest BCUT2D eigenvalue weighted by molar-refractivity contribution is 5.96. The Morgan fingerprint density at radius 3 is 2.57 bits per heavy atom. The van der Waals surface area contributed by atoms with Gasteiger partial charge < -0.3 is 14.4 Å². The Balaban J connectivity index is 2.14. The van der Waals surface area contributed by atoms with Crippen LogP contribution in [0.15, 0.2) is 48.7 Å². The van der Waals surface area contributed by atoms with Crippen LogP contribution in [0.25, 0.3) is 0 Å². The molecule has 0 bridgehead atoms. The Hall–Kier alpha value is -2.93. The van der Waals surface area contributed by atoms with Gasteiger partial charge >= 0.3 is 6.09 Å². The van der Waals surface area contributed by atoms with Crippen molar-refractivity contribution in [3.63, 3.8) is 0 Å². The monoisotopic (exact) mass is 385 g/mol. The first-order valence-electron chi connectivity index (χ1n) is 9.06. The van der Waals surface area contributed by atoms with Gasteiger partial charge in [-0.05, 0) is 51.1 Å². The lowest BCUT2D eigenvalue weighted by molar-refractivity contribution is 0.0633. The summed E-state index contributed by atoms with van der Waals surface area (Å²) in [5.41, 5.74) is 1.14. The average molecular weight is 385 g/mol. The Labute approximate surface area is 165 Å². The number of amides is 2. The Morgan fingerprint density at radius 2 is 1.93 bits per heavy atom. The summed E-state index contributed by atoms with van der Waals surface area (Å²) in [5, 5.41) is 2.66. The molecule has 150 valence electrons. The van der Waals surface area contributed by atoms with Crippen LogP contribution in [-0.2, 0) is 16.0 Å². The summed E-state index contributed by atoms with van der Waals surface area (Å²) in [7, 11) is 1.59.